The molecule has 1 saturated carbocycles. The summed E-state index contributed by atoms with van der Waals surface area (Å²) in [4.78, 5) is 0. The molecular formula is C20H30ClFN2S. The number of piperidine rings is 1. The van der Waals surface area contributed by atoms with Gasteiger partial charge in [-0.15, -0.1) is 0 Å². The highest BCUT2D eigenvalue weighted by Crippen LogP contribution is 2.39. The minimum Gasteiger partial charge on any atom is -0.314 e. The molecule has 0 unspecified atom stereocenters. The fourth-order valence-corrected chi connectivity index (χ4v) is 5.23. The molecule has 1 aromatic rings. The molecule has 2 aliphatic rings. The van der Waals surface area contributed by atoms with Crippen LogP contribution in [0.3, 0.4) is 0 Å². The SMILES string of the molecule is CSN1CCC(NCCC2CCC(c3ccc(F)cc3Cl)CC2)CC1. The molecule has 5 heteroatoms. The molecule has 0 aromatic heterocycles. The van der Waals surface area contributed by atoms with Gasteiger partial charge in [0.15, 0.2) is 0 Å². The average Bonchev–Trinajstić information content (AvgIpc) is 2.63. The Hall–Kier alpha value is -0.290. The zero-order chi connectivity index (χ0) is 17.6. The summed E-state index contributed by atoms with van der Waals surface area (Å²) in [5, 5.41) is 4.37. The predicted molar refractivity (Wildman–Crippen MR) is 107 cm³/mol. The zero-order valence-electron chi connectivity index (χ0n) is 15.1. The summed E-state index contributed by atoms with van der Waals surface area (Å²) >= 11 is 8.10. The Morgan fingerprint density at radius 3 is 2.52 bits per heavy atom. The molecule has 0 spiro atoms. The largest absolute Gasteiger partial charge is 0.314 e. The first kappa shape index (κ1) is 19.5. The number of rotatable bonds is 6. The molecule has 1 N–H and O–H groups in total. The number of benzene rings is 1. The molecule has 0 amide bonds. The van der Waals surface area contributed by atoms with Crippen molar-refractivity contribution in [3.63, 3.8) is 0 Å². The van der Waals surface area contributed by atoms with Crippen LogP contribution in [0.15, 0.2) is 18.2 Å². The van der Waals surface area contributed by atoms with Crippen LogP contribution in [0.2, 0.25) is 5.02 Å². The molecule has 0 bridgehead atoms. The smallest absolute Gasteiger partial charge is 0.124 e. The fraction of sp³-hybridized carbons (Fsp3) is 0.700. The van der Waals surface area contributed by atoms with Crippen molar-refractivity contribution in [2.75, 3.05) is 25.9 Å². The average molecular weight is 385 g/mol. The molecule has 2 fully saturated rings. The number of nitrogens with one attached hydrogen (secondary N) is 1. The van der Waals surface area contributed by atoms with E-state index >= 15 is 0 Å². The minimum atomic E-state index is -0.239. The molecule has 25 heavy (non-hydrogen) atoms. The highest BCUT2D eigenvalue weighted by molar-refractivity contribution is 7.96. The Labute approximate surface area is 161 Å². The Morgan fingerprint density at radius 2 is 1.88 bits per heavy atom. The van der Waals surface area contributed by atoms with E-state index in [1.54, 1.807) is 6.07 Å². The molecule has 0 radical (unpaired) electrons. The Kier molecular flexibility index (Phi) is 7.47. The molecule has 2 nitrogen and oxygen atoms in total. The first-order chi connectivity index (χ1) is 12.2. The van der Waals surface area contributed by atoms with Crippen LogP contribution in [-0.4, -0.2) is 36.2 Å². The molecule has 0 atom stereocenters. The third-order valence-electron chi connectivity index (χ3n) is 5.95. The van der Waals surface area contributed by atoms with Gasteiger partial charge in [-0.2, -0.15) is 0 Å². The van der Waals surface area contributed by atoms with Gasteiger partial charge in [-0.3, -0.25) is 4.31 Å². The number of hydrogen-bond acceptors (Lipinski definition) is 3. The van der Waals surface area contributed by atoms with Crippen molar-refractivity contribution in [3.05, 3.63) is 34.6 Å². The lowest BCUT2D eigenvalue weighted by Gasteiger charge is -2.32. The molecule has 1 heterocycles. The normalized spacial score (nSPS) is 26.0. The molecule has 1 aromatic carbocycles. The monoisotopic (exact) mass is 384 g/mol. The molecule has 1 aliphatic heterocycles. The standard InChI is InChI=1S/C20H30ClFN2S/c1-25-24-12-9-18(10-13-24)23-11-8-15-2-4-16(5-3-15)19-7-6-17(22)14-20(19)21/h6-7,14-16,18,23H,2-5,8-13H2,1H3. The van der Waals surface area contributed by atoms with Crippen molar-refractivity contribution in [1.82, 2.24) is 9.62 Å². The quantitative estimate of drug-likeness (QED) is 0.654. The molecule has 140 valence electrons. The number of hydrogen-bond donors (Lipinski definition) is 1. The van der Waals surface area contributed by atoms with Crippen LogP contribution in [0.1, 0.15) is 56.4 Å². The molecule has 1 aliphatic carbocycles. The Balaban J connectivity index is 1.35. The number of nitrogens with zero attached hydrogens (tertiary/aromatic N) is 1. The van der Waals surface area contributed by atoms with E-state index in [4.69, 9.17) is 11.6 Å². The topological polar surface area (TPSA) is 15.3 Å². The Bertz CT molecular complexity index is 540. The van der Waals surface area contributed by atoms with E-state index in [1.807, 2.05) is 18.0 Å². The maximum absolute atomic E-state index is 13.2. The summed E-state index contributed by atoms with van der Waals surface area (Å²) < 4.78 is 15.7. The summed E-state index contributed by atoms with van der Waals surface area (Å²) in [5.41, 5.74) is 1.14. The van der Waals surface area contributed by atoms with E-state index in [9.17, 15) is 4.39 Å². The maximum Gasteiger partial charge on any atom is 0.124 e. The summed E-state index contributed by atoms with van der Waals surface area (Å²) in [5.74, 6) is 1.10. The van der Waals surface area contributed by atoms with Gasteiger partial charge in [-0.25, -0.2) is 4.39 Å². The van der Waals surface area contributed by atoms with Crippen LogP contribution in [0.5, 0.6) is 0 Å². The van der Waals surface area contributed by atoms with Gasteiger partial charge in [0.05, 0.1) is 0 Å². The second-order valence-corrected chi connectivity index (χ2v) is 8.80. The lowest BCUT2D eigenvalue weighted by atomic mass is 9.77. The van der Waals surface area contributed by atoms with Crippen molar-refractivity contribution in [2.24, 2.45) is 5.92 Å². The van der Waals surface area contributed by atoms with E-state index in [0.29, 0.717) is 17.0 Å². The molecule has 1 saturated heterocycles. The van der Waals surface area contributed by atoms with Crippen molar-refractivity contribution in [1.29, 1.82) is 0 Å². The van der Waals surface area contributed by atoms with E-state index in [0.717, 1.165) is 18.0 Å². The van der Waals surface area contributed by atoms with Gasteiger partial charge >= 0.3 is 0 Å². The van der Waals surface area contributed by atoms with E-state index < -0.39 is 0 Å². The summed E-state index contributed by atoms with van der Waals surface area (Å²) in [6.45, 7) is 3.57. The van der Waals surface area contributed by atoms with E-state index in [1.165, 1.54) is 64.1 Å². The third kappa shape index (κ3) is 5.59. The predicted octanol–water partition coefficient (Wildman–Crippen LogP) is 5.48. The molecule has 3 rings (SSSR count). The van der Waals surface area contributed by atoms with E-state index in [2.05, 4.69) is 15.9 Å². The van der Waals surface area contributed by atoms with Gasteiger partial charge in [-0.05, 0) is 87.3 Å². The lowest BCUT2D eigenvalue weighted by Crippen LogP contribution is -2.40. The number of halogens is 2. The van der Waals surface area contributed by atoms with Crippen molar-refractivity contribution >= 4 is 23.5 Å². The van der Waals surface area contributed by atoms with Crippen molar-refractivity contribution in [3.8, 4) is 0 Å². The van der Waals surface area contributed by atoms with Gasteiger partial charge < -0.3 is 5.32 Å². The van der Waals surface area contributed by atoms with Gasteiger partial charge in [-0.1, -0.05) is 29.6 Å². The van der Waals surface area contributed by atoms with Gasteiger partial charge in [0.25, 0.3) is 0 Å². The third-order valence-corrected chi connectivity index (χ3v) is 7.16. The summed E-state index contributed by atoms with van der Waals surface area (Å²) in [7, 11) is 0. The zero-order valence-corrected chi connectivity index (χ0v) is 16.7. The highest BCUT2D eigenvalue weighted by atomic mass is 35.5. The van der Waals surface area contributed by atoms with Crippen LogP contribution < -0.4 is 5.32 Å². The van der Waals surface area contributed by atoms with Crippen LogP contribution in [0.4, 0.5) is 4.39 Å². The summed E-state index contributed by atoms with van der Waals surface area (Å²) in [6, 6.07) is 5.58. The second kappa shape index (κ2) is 9.59. The van der Waals surface area contributed by atoms with Gasteiger partial charge in [0.2, 0.25) is 0 Å². The van der Waals surface area contributed by atoms with E-state index in [-0.39, 0.29) is 5.82 Å². The van der Waals surface area contributed by atoms with Gasteiger partial charge in [0, 0.05) is 24.2 Å². The lowest BCUT2D eigenvalue weighted by molar-refractivity contribution is 0.278. The van der Waals surface area contributed by atoms with Crippen LogP contribution in [0.25, 0.3) is 0 Å². The minimum absolute atomic E-state index is 0.239. The molecular weight excluding hydrogens is 355 g/mol. The first-order valence-electron chi connectivity index (χ1n) is 9.63. The first-order valence-corrected chi connectivity index (χ1v) is 11.2. The fourth-order valence-electron chi connectivity index (χ4n) is 4.33. The van der Waals surface area contributed by atoms with Crippen LogP contribution in [-0.2, 0) is 0 Å². The maximum atomic E-state index is 13.2. The Morgan fingerprint density at radius 1 is 1.16 bits per heavy atom. The van der Waals surface area contributed by atoms with Crippen molar-refractivity contribution < 1.29 is 4.39 Å². The van der Waals surface area contributed by atoms with Crippen molar-refractivity contribution in [2.45, 2.75) is 56.9 Å². The van der Waals surface area contributed by atoms with Gasteiger partial charge in [0.1, 0.15) is 5.82 Å². The second-order valence-electron chi connectivity index (χ2n) is 7.51. The summed E-state index contributed by atoms with van der Waals surface area (Å²) in [6.07, 6.45) is 10.9. The van der Waals surface area contributed by atoms with Crippen LogP contribution in [0, 0.1) is 11.7 Å². The van der Waals surface area contributed by atoms with Crippen LogP contribution >= 0.6 is 23.5 Å². The highest BCUT2D eigenvalue weighted by Gasteiger charge is 2.24.